The van der Waals surface area contributed by atoms with Gasteiger partial charge in [-0.15, -0.1) is 0 Å². The lowest BCUT2D eigenvalue weighted by atomic mass is 9.97. The molecule has 3 nitrogen and oxygen atoms in total. The molecule has 92 valence electrons. The van der Waals surface area contributed by atoms with Crippen molar-refractivity contribution in [3.63, 3.8) is 0 Å². The molecule has 0 saturated carbocycles. The van der Waals surface area contributed by atoms with E-state index in [2.05, 4.69) is 0 Å². The van der Waals surface area contributed by atoms with E-state index in [-0.39, 0.29) is 0 Å². The molecule has 2 rings (SSSR count). The van der Waals surface area contributed by atoms with Gasteiger partial charge >= 0.3 is 0 Å². The Balaban J connectivity index is 2.24. The minimum absolute atomic E-state index is 0.593. The quantitative estimate of drug-likeness (QED) is 0.874. The van der Waals surface area contributed by atoms with Gasteiger partial charge in [0.2, 0.25) is 0 Å². The standard InChI is InChI=1S/C14H18O3/c1-10-5-6-11(8-13(10)16-2)14(15)12-4-3-7-17-9-12/h5-6,8-9,14-15H,3-4,7H2,1-2H3. The summed E-state index contributed by atoms with van der Waals surface area (Å²) >= 11 is 0. The molecule has 0 fully saturated rings. The maximum atomic E-state index is 10.3. The van der Waals surface area contributed by atoms with E-state index in [1.54, 1.807) is 13.4 Å². The molecule has 17 heavy (non-hydrogen) atoms. The van der Waals surface area contributed by atoms with Crippen LogP contribution in [0.5, 0.6) is 5.75 Å². The van der Waals surface area contributed by atoms with E-state index in [1.807, 2.05) is 25.1 Å². The van der Waals surface area contributed by atoms with E-state index in [9.17, 15) is 5.11 Å². The summed E-state index contributed by atoms with van der Waals surface area (Å²) in [6.07, 6.45) is 2.94. The molecular weight excluding hydrogens is 216 g/mol. The number of aliphatic hydroxyl groups is 1. The second-order valence-electron chi connectivity index (χ2n) is 4.30. The summed E-state index contributed by atoms with van der Waals surface area (Å²) in [4.78, 5) is 0. The third-order valence-corrected chi connectivity index (χ3v) is 3.06. The van der Waals surface area contributed by atoms with Crippen LogP contribution in [0.2, 0.25) is 0 Å². The van der Waals surface area contributed by atoms with Crippen LogP contribution in [0.1, 0.15) is 30.1 Å². The molecule has 0 amide bonds. The van der Waals surface area contributed by atoms with Crippen molar-refractivity contribution in [2.75, 3.05) is 13.7 Å². The molecule has 1 N–H and O–H groups in total. The van der Waals surface area contributed by atoms with E-state index in [0.717, 1.165) is 41.9 Å². The molecule has 1 atom stereocenters. The molecule has 0 spiro atoms. The van der Waals surface area contributed by atoms with Gasteiger partial charge < -0.3 is 14.6 Å². The number of methoxy groups -OCH3 is 1. The number of ether oxygens (including phenoxy) is 2. The van der Waals surface area contributed by atoms with Crippen molar-refractivity contribution < 1.29 is 14.6 Å². The topological polar surface area (TPSA) is 38.7 Å². The monoisotopic (exact) mass is 234 g/mol. The van der Waals surface area contributed by atoms with E-state index >= 15 is 0 Å². The first-order chi connectivity index (χ1) is 8.22. The number of hydrogen-bond donors (Lipinski definition) is 1. The molecule has 1 heterocycles. The number of rotatable bonds is 3. The first kappa shape index (κ1) is 12.0. The normalized spacial score (nSPS) is 17.0. The van der Waals surface area contributed by atoms with Crippen molar-refractivity contribution in [3.8, 4) is 5.75 Å². The zero-order chi connectivity index (χ0) is 12.3. The third kappa shape index (κ3) is 2.61. The summed E-state index contributed by atoms with van der Waals surface area (Å²) in [6, 6.07) is 5.77. The van der Waals surface area contributed by atoms with Gasteiger partial charge in [-0.1, -0.05) is 12.1 Å². The molecule has 3 heteroatoms. The van der Waals surface area contributed by atoms with Gasteiger partial charge in [0.05, 0.1) is 20.0 Å². The zero-order valence-electron chi connectivity index (χ0n) is 10.3. The summed E-state index contributed by atoms with van der Waals surface area (Å²) in [5.41, 5.74) is 2.85. The highest BCUT2D eigenvalue weighted by Crippen LogP contribution is 2.30. The molecule has 0 aliphatic carbocycles. The van der Waals surface area contributed by atoms with Gasteiger partial charge in [-0.25, -0.2) is 0 Å². The Hall–Kier alpha value is -1.48. The Morgan fingerprint density at radius 3 is 2.88 bits per heavy atom. The van der Waals surface area contributed by atoms with Gasteiger partial charge in [-0.3, -0.25) is 0 Å². The van der Waals surface area contributed by atoms with Crippen LogP contribution in [0.15, 0.2) is 30.0 Å². The molecule has 0 radical (unpaired) electrons. The average Bonchev–Trinajstić information content (AvgIpc) is 2.39. The van der Waals surface area contributed by atoms with Gasteiger partial charge in [0.1, 0.15) is 11.9 Å². The van der Waals surface area contributed by atoms with Crippen LogP contribution in [0.3, 0.4) is 0 Å². The Labute approximate surface area is 102 Å². The molecule has 0 aromatic heterocycles. The molecular formula is C14H18O3. The van der Waals surface area contributed by atoms with Crippen LogP contribution >= 0.6 is 0 Å². The maximum Gasteiger partial charge on any atom is 0.122 e. The summed E-state index contributed by atoms with van der Waals surface area (Å²) in [6.45, 7) is 2.73. The molecule has 1 aliphatic heterocycles. The lowest BCUT2D eigenvalue weighted by molar-refractivity contribution is 0.170. The Morgan fingerprint density at radius 1 is 1.41 bits per heavy atom. The molecule has 1 aromatic carbocycles. The van der Waals surface area contributed by atoms with Gasteiger partial charge in [0, 0.05) is 0 Å². The molecule has 1 unspecified atom stereocenters. The Kier molecular flexibility index (Phi) is 3.69. The van der Waals surface area contributed by atoms with Crippen LogP contribution < -0.4 is 4.74 Å². The van der Waals surface area contributed by atoms with Crippen LogP contribution in [0, 0.1) is 6.92 Å². The molecule has 1 aromatic rings. The maximum absolute atomic E-state index is 10.3. The molecule has 1 aliphatic rings. The molecule has 0 saturated heterocycles. The highest BCUT2D eigenvalue weighted by molar-refractivity contribution is 5.39. The van der Waals surface area contributed by atoms with Crippen molar-refractivity contribution in [1.29, 1.82) is 0 Å². The summed E-state index contributed by atoms with van der Waals surface area (Å²) in [5, 5.41) is 10.3. The SMILES string of the molecule is COc1cc(C(O)C2=COCCC2)ccc1C. The Bertz CT molecular complexity index is 423. The highest BCUT2D eigenvalue weighted by Gasteiger charge is 2.17. The number of aryl methyl sites for hydroxylation is 1. The summed E-state index contributed by atoms with van der Waals surface area (Å²) < 4.78 is 10.5. The van der Waals surface area contributed by atoms with E-state index < -0.39 is 6.10 Å². The third-order valence-electron chi connectivity index (χ3n) is 3.06. The largest absolute Gasteiger partial charge is 0.501 e. The van der Waals surface area contributed by atoms with Gasteiger partial charge in [0.15, 0.2) is 0 Å². The van der Waals surface area contributed by atoms with Crippen LogP contribution in [-0.4, -0.2) is 18.8 Å². The predicted octanol–water partition coefficient (Wildman–Crippen LogP) is 2.73. The fourth-order valence-electron chi connectivity index (χ4n) is 2.01. The second kappa shape index (κ2) is 5.23. The summed E-state index contributed by atoms with van der Waals surface area (Å²) in [7, 11) is 1.64. The number of aliphatic hydroxyl groups excluding tert-OH is 1. The zero-order valence-corrected chi connectivity index (χ0v) is 10.3. The number of benzene rings is 1. The first-order valence-electron chi connectivity index (χ1n) is 5.85. The highest BCUT2D eigenvalue weighted by atomic mass is 16.5. The van der Waals surface area contributed by atoms with E-state index in [4.69, 9.17) is 9.47 Å². The Morgan fingerprint density at radius 2 is 2.24 bits per heavy atom. The first-order valence-corrected chi connectivity index (χ1v) is 5.85. The minimum Gasteiger partial charge on any atom is -0.501 e. The van der Waals surface area contributed by atoms with Crippen LogP contribution in [-0.2, 0) is 4.74 Å². The lowest BCUT2D eigenvalue weighted by Gasteiger charge is -2.20. The minimum atomic E-state index is -0.593. The number of hydrogen-bond acceptors (Lipinski definition) is 3. The van der Waals surface area contributed by atoms with Crippen molar-refractivity contribution in [1.82, 2.24) is 0 Å². The molecule has 0 bridgehead atoms. The van der Waals surface area contributed by atoms with Gasteiger partial charge in [0.25, 0.3) is 0 Å². The lowest BCUT2D eigenvalue weighted by Crippen LogP contribution is -2.08. The van der Waals surface area contributed by atoms with Gasteiger partial charge in [-0.2, -0.15) is 0 Å². The van der Waals surface area contributed by atoms with Gasteiger partial charge in [-0.05, 0) is 42.5 Å². The van der Waals surface area contributed by atoms with E-state index in [0.29, 0.717) is 0 Å². The summed E-state index contributed by atoms with van der Waals surface area (Å²) in [5.74, 6) is 0.805. The van der Waals surface area contributed by atoms with Crippen molar-refractivity contribution >= 4 is 0 Å². The van der Waals surface area contributed by atoms with Crippen molar-refractivity contribution in [2.24, 2.45) is 0 Å². The fourth-order valence-corrected chi connectivity index (χ4v) is 2.01. The van der Waals surface area contributed by atoms with E-state index in [1.165, 1.54) is 0 Å². The van der Waals surface area contributed by atoms with Crippen LogP contribution in [0.4, 0.5) is 0 Å². The second-order valence-corrected chi connectivity index (χ2v) is 4.30. The fraction of sp³-hybridized carbons (Fsp3) is 0.429. The smallest absolute Gasteiger partial charge is 0.122 e. The van der Waals surface area contributed by atoms with Crippen molar-refractivity contribution in [3.05, 3.63) is 41.2 Å². The predicted molar refractivity (Wildman–Crippen MR) is 66.0 cm³/mol. The van der Waals surface area contributed by atoms with Crippen molar-refractivity contribution in [2.45, 2.75) is 25.9 Å². The average molecular weight is 234 g/mol. The van der Waals surface area contributed by atoms with Crippen LogP contribution in [0.25, 0.3) is 0 Å².